The average molecular weight is 294 g/mol. The molecule has 2 aliphatic heterocycles. The summed E-state index contributed by atoms with van der Waals surface area (Å²) in [5, 5.41) is 0. The Hall–Kier alpha value is -2.10. The van der Waals surface area contributed by atoms with Gasteiger partial charge in [-0.15, -0.1) is 0 Å². The van der Waals surface area contributed by atoms with Crippen LogP contribution in [0, 0.1) is 0 Å². The number of fused-ring (bicyclic) bond motifs is 1. The third-order valence-corrected chi connectivity index (χ3v) is 4.73. The minimum absolute atomic E-state index is 0.411. The first kappa shape index (κ1) is 13.6. The smallest absolute Gasteiger partial charge is 0.232 e. The van der Waals surface area contributed by atoms with E-state index in [1.54, 1.807) is 0 Å². The zero-order chi connectivity index (χ0) is 14.9. The number of anilines is 3. The lowest BCUT2D eigenvalue weighted by molar-refractivity contribution is 0.572. The molecule has 0 bridgehead atoms. The first-order chi connectivity index (χ1) is 10.8. The lowest BCUT2D eigenvalue weighted by atomic mass is 10.1. The summed E-state index contributed by atoms with van der Waals surface area (Å²) in [6, 6.07) is 11.0. The Morgan fingerprint density at radius 1 is 1.05 bits per heavy atom. The Morgan fingerprint density at radius 2 is 1.86 bits per heavy atom. The highest BCUT2D eigenvalue weighted by molar-refractivity contribution is 5.67. The van der Waals surface area contributed by atoms with E-state index in [0.29, 0.717) is 6.04 Å². The molecule has 3 heterocycles. The molecule has 0 amide bonds. The lowest BCUT2D eigenvalue weighted by Gasteiger charge is -2.29. The van der Waals surface area contributed by atoms with Gasteiger partial charge < -0.3 is 9.80 Å². The Labute approximate surface area is 131 Å². The van der Waals surface area contributed by atoms with Gasteiger partial charge in [-0.25, -0.2) is 4.98 Å². The fraction of sp³-hybridized carbons (Fsp3) is 0.444. The average Bonchev–Trinajstić information content (AvgIpc) is 2.91. The maximum absolute atomic E-state index is 4.87. The van der Waals surface area contributed by atoms with Gasteiger partial charge in [-0.2, -0.15) is 4.98 Å². The van der Waals surface area contributed by atoms with Crippen molar-refractivity contribution in [1.29, 1.82) is 0 Å². The van der Waals surface area contributed by atoms with Crippen molar-refractivity contribution < 1.29 is 0 Å². The van der Waals surface area contributed by atoms with Crippen molar-refractivity contribution in [1.82, 2.24) is 9.97 Å². The molecule has 22 heavy (non-hydrogen) atoms. The molecule has 2 aliphatic rings. The molecule has 1 unspecified atom stereocenters. The molecule has 0 N–H and O–H groups in total. The van der Waals surface area contributed by atoms with Crippen LogP contribution < -0.4 is 9.80 Å². The SMILES string of the molecule is CC1Cc2ccccc2N1c1nccc(N2CCCCC2)n1. The van der Waals surface area contributed by atoms with Crippen LogP contribution in [0.25, 0.3) is 0 Å². The third-order valence-electron chi connectivity index (χ3n) is 4.73. The Balaban J connectivity index is 1.68. The van der Waals surface area contributed by atoms with E-state index in [4.69, 9.17) is 4.98 Å². The van der Waals surface area contributed by atoms with E-state index in [2.05, 4.69) is 46.0 Å². The number of piperidine rings is 1. The minimum Gasteiger partial charge on any atom is -0.356 e. The Morgan fingerprint density at radius 3 is 2.73 bits per heavy atom. The molecular formula is C18H22N4. The highest BCUT2D eigenvalue weighted by Crippen LogP contribution is 2.36. The van der Waals surface area contributed by atoms with Gasteiger partial charge in [-0.1, -0.05) is 18.2 Å². The van der Waals surface area contributed by atoms with Crippen molar-refractivity contribution >= 4 is 17.5 Å². The second-order valence-corrected chi connectivity index (χ2v) is 6.31. The van der Waals surface area contributed by atoms with Gasteiger partial charge in [0.25, 0.3) is 0 Å². The van der Waals surface area contributed by atoms with Crippen molar-refractivity contribution in [3.05, 3.63) is 42.1 Å². The highest BCUT2D eigenvalue weighted by Gasteiger charge is 2.29. The van der Waals surface area contributed by atoms with Crippen LogP contribution in [-0.4, -0.2) is 29.1 Å². The fourth-order valence-electron chi connectivity index (χ4n) is 3.62. The van der Waals surface area contributed by atoms with Gasteiger partial charge >= 0.3 is 0 Å². The normalized spacial score (nSPS) is 21.0. The Kier molecular flexibility index (Phi) is 3.45. The summed E-state index contributed by atoms with van der Waals surface area (Å²) in [7, 11) is 0. The summed E-state index contributed by atoms with van der Waals surface area (Å²) in [6.45, 7) is 4.47. The van der Waals surface area contributed by atoms with Crippen molar-refractivity contribution in [3.63, 3.8) is 0 Å². The molecule has 2 aromatic rings. The van der Waals surface area contributed by atoms with E-state index >= 15 is 0 Å². The summed E-state index contributed by atoms with van der Waals surface area (Å²) in [5.74, 6) is 1.90. The van der Waals surface area contributed by atoms with Gasteiger partial charge in [-0.3, -0.25) is 0 Å². The van der Waals surface area contributed by atoms with Crippen LogP contribution in [0.2, 0.25) is 0 Å². The van der Waals surface area contributed by atoms with Crippen molar-refractivity contribution in [2.75, 3.05) is 22.9 Å². The predicted octanol–water partition coefficient (Wildman–Crippen LogP) is 3.55. The summed E-state index contributed by atoms with van der Waals surface area (Å²) >= 11 is 0. The number of nitrogens with zero attached hydrogens (tertiary/aromatic N) is 4. The van der Waals surface area contributed by atoms with Gasteiger partial charge in [0.1, 0.15) is 5.82 Å². The quantitative estimate of drug-likeness (QED) is 0.848. The van der Waals surface area contributed by atoms with E-state index in [1.165, 1.54) is 30.5 Å². The molecule has 1 aromatic heterocycles. The van der Waals surface area contributed by atoms with E-state index < -0.39 is 0 Å². The Bertz CT molecular complexity index is 664. The second-order valence-electron chi connectivity index (χ2n) is 6.31. The van der Waals surface area contributed by atoms with E-state index in [-0.39, 0.29) is 0 Å². The molecule has 4 nitrogen and oxygen atoms in total. The maximum atomic E-state index is 4.87. The first-order valence-corrected chi connectivity index (χ1v) is 8.28. The number of hydrogen-bond donors (Lipinski definition) is 0. The number of para-hydroxylation sites is 1. The van der Waals surface area contributed by atoms with Crippen LogP contribution >= 0.6 is 0 Å². The molecule has 0 saturated carbocycles. The first-order valence-electron chi connectivity index (χ1n) is 8.28. The lowest BCUT2D eigenvalue weighted by Crippen LogP contribution is -2.31. The van der Waals surface area contributed by atoms with Crippen molar-refractivity contribution in [3.8, 4) is 0 Å². The van der Waals surface area contributed by atoms with E-state index in [1.807, 2.05) is 12.3 Å². The molecule has 1 atom stereocenters. The number of hydrogen-bond acceptors (Lipinski definition) is 4. The molecular weight excluding hydrogens is 272 g/mol. The molecule has 4 heteroatoms. The largest absolute Gasteiger partial charge is 0.356 e. The fourth-order valence-corrected chi connectivity index (χ4v) is 3.62. The summed E-state index contributed by atoms with van der Waals surface area (Å²) in [6.07, 6.45) is 6.84. The zero-order valence-corrected chi connectivity index (χ0v) is 13.1. The van der Waals surface area contributed by atoms with Crippen LogP contribution in [0.3, 0.4) is 0 Å². The monoisotopic (exact) mass is 294 g/mol. The van der Waals surface area contributed by atoms with Gasteiger partial charge in [-0.05, 0) is 50.3 Å². The predicted molar refractivity (Wildman–Crippen MR) is 89.8 cm³/mol. The van der Waals surface area contributed by atoms with Crippen LogP contribution in [0.5, 0.6) is 0 Å². The maximum Gasteiger partial charge on any atom is 0.232 e. The topological polar surface area (TPSA) is 32.3 Å². The second kappa shape index (κ2) is 5.59. The molecule has 0 spiro atoms. The standard InChI is InChI=1S/C18H22N4/c1-14-13-15-7-3-4-8-16(15)22(14)18-19-10-9-17(20-18)21-11-5-2-6-12-21/h3-4,7-10,14H,2,5-6,11-13H2,1H3. The molecule has 0 radical (unpaired) electrons. The molecule has 1 fully saturated rings. The summed E-state index contributed by atoms with van der Waals surface area (Å²) in [4.78, 5) is 14.1. The van der Waals surface area contributed by atoms with E-state index in [0.717, 1.165) is 31.3 Å². The number of benzene rings is 1. The van der Waals surface area contributed by atoms with Crippen molar-refractivity contribution in [2.24, 2.45) is 0 Å². The van der Waals surface area contributed by atoms with Crippen LogP contribution in [0.1, 0.15) is 31.7 Å². The summed E-state index contributed by atoms with van der Waals surface area (Å²) < 4.78 is 0. The third kappa shape index (κ3) is 2.32. The van der Waals surface area contributed by atoms with E-state index in [9.17, 15) is 0 Å². The van der Waals surface area contributed by atoms with Gasteiger partial charge in [0, 0.05) is 31.0 Å². The molecule has 4 rings (SSSR count). The van der Waals surface area contributed by atoms with Gasteiger partial charge in [0.15, 0.2) is 0 Å². The minimum atomic E-state index is 0.411. The van der Waals surface area contributed by atoms with Crippen molar-refractivity contribution in [2.45, 2.75) is 38.6 Å². The highest BCUT2D eigenvalue weighted by atomic mass is 15.3. The molecule has 0 aliphatic carbocycles. The van der Waals surface area contributed by atoms with Gasteiger partial charge in [0.2, 0.25) is 5.95 Å². The molecule has 114 valence electrons. The molecule has 1 aromatic carbocycles. The number of aromatic nitrogens is 2. The van der Waals surface area contributed by atoms with Crippen LogP contribution in [0.15, 0.2) is 36.5 Å². The number of rotatable bonds is 2. The molecule has 1 saturated heterocycles. The van der Waals surface area contributed by atoms with Crippen LogP contribution in [0.4, 0.5) is 17.5 Å². The van der Waals surface area contributed by atoms with Gasteiger partial charge in [0.05, 0.1) is 0 Å². The summed E-state index contributed by atoms with van der Waals surface area (Å²) in [5.41, 5.74) is 2.65. The van der Waals surface area contributed by atoms with Crippen LogP contribution in [-0.2, 0) is 6.42 Å². The zero-order valence-electron chi connectivity index (χ0n) is 13.1.